The molecule has 1 aliphatic rings. The standard InChI is InChI=1S/C22H26O2/c1-15-4-7-18(8-5-15)19-9-11-20(12-10-19)22(23)24-21-13-6-16(2)14-17(21)3/h6,9-15,18H,4-5,7-8H2,1-3H3. The number of benzene rings is 2. The molecule has 3 rings (SSSR count). The SMILES string of the molecule is Cc1ccc(OC(=O)c2ccc(C3CCC(C)CC3)cc2)c(C)c1. The van der Waals surface area contributed by atoms with E-state index < -0.39 is 0 Å². The Labute approximate surface area is 144 Å². The molecule has 0 spiro atoms. The maximum absolute atomic E-state index is 12.4. The second-order valence-electron chi connectivity index (χ2n) is 7.24. The molecule has 2 aromatic rings. The fourth-order valence-electron chi connectivity index (χ4n) is 3.56. The molecule has 0 aliphatic heterocycles. The van der Waals surface area contributed by atoms with Crippen LogP contribution < -0.4 is 4.74 Å². The van der Waals surface area contributed by atoms with E-state index in [1.165, 1.54) is 36.8 Å². The van der Waals surface area contributed by atoms with Crippen molar-refractivity contribution in [3.05, 3.63) is 64.7 Å². The Bertz CT molecular complexity index is 707. The molecule has 0 saturated heterocycles. The van der Waals surface area contributed by atoms with Crippen LogP contribution in [0.5, 0.6) is 5.75 Å². The van der Waals surface area contributed by atoms with Gasteiger partial charge >= 0.3 is 5.97 Å². The zero-order valence-corrected chi connectivity index (χ0v) is 14.8. The highest BCUT2D eigenvalue weighted by molar-refractivity contribution is 5.91. The Hall–Kier alpha value is -2.09. The normalized spacial score (nSPS) is 20.6. The van der Waals surface area contributed by atoms with Gasteiger partial charge in [0.25, 0.3) is 0 Å². The molecule has 1 fully saturated rings. The number of carbonyl (C=O) groups excluding carboxylic acids is 1. The summed E-state index contributed by atoms with van der Waals surface area (Å²) in [7, 11) is 0. The van der Waals surface area contributed by atoms with Gasteiger partial charge in [0.15, 0.2) is 0 Å². The molecule has 0 aromatic heterocycles. The molecule has 0 atom stereocenters. The van der Waals surface area contributed by atoms with Crippen molar-refractivity contribution in [2.75, 3.05) is 0 Å². The van der Waals surface area contributed by atoms with Crippen LogP contribution in [-0.2, 0) is 0 Å². The fraction of sp³-hybridized carbons (Fsp3) is 0.409. The van der Waals surface area contributed by atoms with E-state index in [0.29, 0.717) is 17.2 Å². The second kappa shape index (κ2) is 7.21. The lowest BCUT2D eigenvalue weighted by molar-refractivity contribution is 0.0733. The van der Waals surface area contributed by atoms with Gasteiger partial charge in [-0.15, -0.1) is 0 Å². The van der Waals surface area contributed by atoms with Crippen molar-refractivity contribution < 1.29 is 9.53 Å². The molecule has 1 aliphatic carbocycles. The Morgan fingerprint density at radius 2 is 1.62 bits per heavy atom. The number of carbonyl (C=O) groups is 1. The monoisotopic (exact) mass is 322 g/mol. The highest BCUT2D eigenvalue weighted by Gasteiger charge is 2.20. The zero-order chi connectivity index (χ0) is 17.1. The molecule has 0 N–H and O–H groups in total. The number of ether oxygens (including phenoxy) is 1. The second-order valence-corrected chi connectivity index (χ2v) is 7.24. The summed E-state index contributed by atoms with van der Waals surface area (Å²) in [6, 6.07) is 13.8. The van der Waals surface area contributed by atoms with Crippen LogP contribution in [0.3, 0.4) is 0 Å². The average Bonchev–Trinajstić information content (AvgIpc) is 2.58. The average molecular weight is 322 g/mol. The molecule has 2 nitrogen and oxygen atoms in total. The minimum absolute atomic E-state index is 0.286. The van der Waals surface area contributed by atoms with E-state index in [9.17, 15) is 4.79 Å². The van der Waals surface area contributed by atoms with Gasteiger partial charge in [0.1, 0.15) is 5.75 Å². The topological polar surface area (TPSA) is 26.3 Å². The van der Waals surface area contributed by atoms with Crippen LogP contribution in [-0.4, -0.2) is 5.97 Å². The van der Waals surface area contributed by atoms with E-state index in [2.05, 4.69) is 19.1 Å². The minimum atomic E-state index is -0.286. The number of aryl methyl sites for hydroxylation is 2. The van der Waals surface area contributed by atoms with E-state index in [0.717, 1.165) is 11.5 Å². The third-order valence-corrected chi connectivity index (χ3v) is 5.17. The lowest BCUT2D eigenvalue weighted by atomic mass is 9.79. The van der Waals surface area contributed by atoms with Gasteiger partial charge in [0.05, 0.1) is 5.56 Å². The maximum atomic E-state index is 12.4. The van der Waals surface area contributed by atoms with Crippen molar-refractivity contribution in [2.24, 2.45) is 5.92 Å². The predicted octanol–water partition coefficient (Wildman–Crippen LogP) is 5.82. The van der Waals surface area contributed by atoms with Crippen molar-refractivity contribution in [1.82, 2.24) is 0 Å². The largest absolute Gasteiger partial charge is 0.423 e. The predicted molar refractivity (Wildman–Crippen MR) is 97.7 cm³/mol. The van der Waals surface area contributed by atoms with Crippen molar-refractivity contribution in [3.8, 4) is 5.75 Å². The van der Waals surface area contributed by atoms with E-state index in [4.69, 9.17) is 4.74 Å². The number of hydrogen-bond acceptors (Lipinski definition) is 2. The van der Waals surface area contributed by atoms with Crippen LogP contribution in [0.15, 0.2) is 42.5 Å². The molecular formula is C22H26O2. The van der Waals surface area contributed by atoms with Crippen molar-refractivity contribution in [2.45, 2.75) is 52.4 Å². The molecule has 1 saturated carbocycles. The zero-order valence-electron chi connectivity index (χ0n) is 14.8. The summed E-state index contributed by atoms with van der Waals surface area (Å²) in [5.74, 6) is 1.85. The summed E-state index contributed by atoms with van der Waals surface area (Å²) in [5.41, 5.74) is 4.11. The Morgan fingerprint density at radius 3 is 2.25 bits per heavy atom. The quantitative estimate of drug-likeness (QED) is 0.526. The number of hydrogen-bond donors (Lipinski definition) is 0. The molecule has 24 heavy (non-hydrogen) atoms. The summed E-state index contributed by atoms with van der Waals surface area (Å²) in [5, 5.41) is 0. The van der Waals surface area contributed by atoms with Gasteiger partial charge in [-0.2, -0.15) is 0 Å². The number of rotatable bonds is 3. The first-order valence-electron chi connectivity index (χ1n) is 8.92. The van der Waals surface area contributed by atoms with Crippen LogP contribution in [0.4, 0.5) is 0 Å². The molecule has 0 amide bonds. The summed E-state index contributed by atoms with van der Waals surface area (Å²) in [6.45, 7) is 6.33. The Morgan fingerprint density at radius 1 is 0.958 bits per heavy atom. The summed E-state index contributed by atoms with van der Waals surface area (Å²) in [4.78, 5) is 12.4. The van der Waals surface area contributed by atoms with Gasteiger partial charge in [-0.1, -0.05) is 49.6 Å². The lowest BCUT2D eigenvalue weighted by Gasteiger charge is -2.26. The van der Waals surface area contributed by atoms with Gasteiger partial charge < -0.3 is 4.74 Å². The van der Waals surface area contributed by atoms with Crippen LogP contribution >= 0.6 is 0 Å². The van der Waals surface area contributed by atoms with Crippen molar-refractivity contribution in [1.29, 1.82) is 0 Å². The maximum Gasteiger partial charge on any atom is 0.343 e. The van der Waals surface area contributed by atoms with Crippen molar-refractivity contribution >= 4 is 5.97 Å². The molecule has 0 radical (unpaired) electrons. The Balaban J connectivity index is 1.67. The molecule has 0 unspecified atom stereocenters. The Kier molecular flexibility index (Phi) is 5.03. The summed E-state index contributed by atoms with van der Waals surface area (Å²) < 4.78 is 5.55. The molecule has 2 aromatic carbocycles. The summed E-state index contributed by atoms with van der Waals surface area (Å²) >= 11 is 0. The van der Waals surface area contributed by atoms with Gasteiger partial charge in [0, 0.05) is 0 Å². The van der Waals surface area contributed by atoms with E-state index in [1.807, 2.05) is 44.2 Å². The lowest BCUT2D eigenvalue weighted by Crippen LogP contribution is -2.12. The first kappa shape index (κ1) is 16.8. The van der Waals surface area contributed by atoms with Gasteiger partial charge in [0.2, 0.25) is 0 Å². The number of esters is 1. The molecule has 0 bridgehead atoms. The van der Waals surface area contributed by atoms with Gasteiger partial charge in [-0.05, 0) is 67.9 Å². The highest BCUT2D eigenvalue weighted by Crippen LogP contribution is 2.35. The molecule has 126 valence electrons. The summed E-state index contributed by atoms with van der Waals surface area (Å²) in [6.07, 6.45) is 5.13. The minimum Gasteiger partial charge on any atom is -0.423 e. The fourth-order valence-corrected chi connectivity index (χ4v) is 3.56. The van der Waals surface area contributed by atoms with Crippen LogP contribution in [0.2, 0.25) is 0 Å². The first-order chi connectivity index (χ1) is 11.5. The third kappa shape index (κ3) is 3.87. The van der Waals surface area contributed by atoms with E-state index >= 15 is 0 Å². The smallest absolute Gasteiger partial charge is 0.343 e. The molecule has 0 heterocycles. The van der Waals surface area contributed by atoms with Crippen LogP contribution in [0.25, 0.3) is 0 Å². The van der Waals surface area contributed by atoms with Crippen molar-refractivity contribution in [3.63, 3.8) is 0 Å². The van der Waals surface area contributed by atoms with E-state index in [-0.39, 0.29) is 5.97 Å². The molecule has 2 heteroatoms. The van der Waals surface area contributed by atoms with Crippen LogP contribution in [0, 0.1) is 19.8 Å². The van der Waals surface area contributed by atoms with E-state index in [1.54, 1.807) is 0 Å². The van der Waals surface area contributed by atoms with Gasteiger partial charge in [-0.3, -0.25) is 0 Å². The van der Waals surface area contributed by atoms with Gasteiger partial charge in [-0.25, -0.2) is 4.79 Å². The highest BCUT2D eigenvalue weighted by atomic mass is 16.5. The first-order valence-corrected chi connectivity index (χ1v) is 8.92. The van der Waals surface area contributed by atoms with Crippen LogP contribution in [0.1, 0.15) is 65.6 Å². The molecular weight excluding hydrogens is 296 g/mol. The third-order valence-electron chi connectivity index (χ3n) is 5.17.